The molecular formula is C51H96O6. The maximum absolute atomic E-state index is 12.7. The molecule has 0 radical (unpaired) electrons. The highest BCUT2D eigenvalue weighted by Crippen LogP contribution is 2.16. The fraction of sp³-hybridized carbons (Fsp3) is 0.902. The Labute approximate surface area is 354 Å². The van der Waals surface area contributed by atoms with Crippen molar-refractivity contribution in [1.29, 1.82) is 0 Å². The molecule has 0 aromatic heterocycles. The zero-order valence-electron chi connectivity index (χ0n) is 38.4. The molecule has 0 heterocycles. The quantitative estimate of drug-likeness (QED) is 0.0264. The monoisotopic (exact) mass is 805 g/mol. The summed E-state index contributed by atoms with van der Waals surface area (Å²) < 4.78 is 16.7. The van der Waals surface area contributed by atoms with E-state index in [0.29, 0.717) is 19.3 Å². The van der Waals surface area contributed by atoms with Gasteiger partial charge < -0.3 is 14.2 Å². The van der Waals surface area contributed by atoms with Gasteiger partial charge in [0.25, 0.3) is 0 Å². The maximum Gasteiger partial charge on any atom is 0.306 e. The Morgan fingerprint density at radius 3 is 0.877 bits per heavy atom. The van der Waals surface area contributed by atoms with E-state index in [9.17, 15) is 14.4 Å². The Bertz CT molecular complexity index is 885. The van der Waals surface area contributed by atoms with Crippen LogP contribution in [0.4, 0.5) is 0 Å². The van der Waals surface area contributed by atoms with Crippen LogP contribution in [0, 0.1) is 0 Å². The number of hydrogen-bond acceptors (Lipinski definition) is 6. The first-order chi connectivity index (χ1) is 28.0. The summed E-state index contributed by atoms with van der Waals surface area (Å²) in [4.78, 5) is 37.7. The number of hydrogen-bond donors (Lipinski definition) is 0. The van der Waals surface area contributed by atoms with Crippen molar-refractivity contribution < 1.29 is 28.6 Å². The van der Waals surface area contributed by atoms with Crippen molar-refractivity contribution >= 4 is 17.9 Å². The second-order valence-electron chi connectivity index (χ2n) is 17.1. The smallest absolute Gasteiger partial charge is 0.306 e. The van der Waals surface area contributed by atoms with Crippen LogP contribution in [-0.2, 0) is 28.6 Å². The molecule has 0 aromatic carbocycles. The van der Waals surface area contributed by atoms with Gasteiger partial charge in [-0.2, -0.15) is 0 Å². The fourth-order valence-corrected chi connectivity index (χ4v) is 7.44. The minimum absolute atomic E-state index is 0.0686. The predicted octanol–water partition coefficient (Wildman–Crippen LogP) is 16.2. The van der Waals surface area contributed by atoms with Gasteiger partial charge >= 0.3 is 17.9 Å². The van der Waals surface area contributed by atoms with Crippen LogP contribution in [0.5, 0.6) is 0 Å². The first kappa shape index (κ1) is 55.2. The topological polar surface area (TPSA) is 78.9 Å². The van der Waals surface area contributed by atoms with Crippen LogP contribution in [0.1, 0.15) is 278 Å². The van der Waals surface area contributed by atoms with Crippen LogP contribution in [0.3, 0.4) is 0 Å². The zero-order chi connectivity index (χ0) is 41.5. The molecule has 0 aliphatic carbocycles. The molecule has 0 amide bonds. The van der Waals surface area contributed by atoms with Gasteiger partial charge in [0.15, 0.2) is 6.10 Å². The van der Waals surface area contributed by atoms with Crippen LogP contribution in [0.25, 0.3) is 0 Å². The number of esters is 3. The lowest BCUT2D eigenvalue weighted by Gasteiger charge is -2.18. The van der Waals surface area contributed by atoms with E-state index in [0.717, 1.165) is 64.2 Å². The Kier molecular flexibility index (Phi) is 45.3. The number of ether oxygens (including phenoxy) is 3. The van der Waals surface area contributed by atoms with E-state index in [1.165, 1.54) is 173 Å². The molecule has 0 fully saturated rings. The number of unbranched alkanes of at least 4 members (excludes halogenated alkanes) is 33. The van der Waals surface area contributed by atoms with Crippen molar-refractivity contribution in [2.24, 2.45) is 0 Å². The van der Waals surface area contributed by atoms with Crippen molar-refractivity contribution in [3.05, 3.63) is 12.2 Å². The summed E-state index contributed by atoms with van der Waals surface area (Å²) in [5.74, 6) is -0.869. The average molecular weight is 805 g/mol. The van der Waals surface area contributed by atoms with Gasteiger partial charge in [-0.15, -0.1) is 0 Å². The molecule has 0 spiro atoms. The second-order valence-corrected chi connectivity index (χ2v) is 17.1. The van der Waals surface area contributed by atoms with Crippen molar-refractivity contribution in [2.45, 2.75) is 284 Å². The van der Waals surface area contributed by atoms with Crippen LogP contribution >= 0.6 is 0 Å². The van der Waals surface area contributed by atoms with E-state index < -0.39 is 6.10 Å². The number of carbonyl (C=O) groups is 3. The van der Waals surface area contributed by atoms with Gasteiger partial charge in [0.05, 0.1) is 0 Å². The van der Waals surface area contributed by atoms with E-state index in [-0.39, 0.29) is 31.1 Å². The molecule has 6 nitrogen and oxygen atoms in total. The lowest BCUT2D eigenvalue weighted by molar-refractivity contribution is -0.167. The third kappa shape index (κ3) is 45.1. The van der Waals surface area contributed by atoms with E-state index in [4.69, 9.17) is 14.2 Å². The number of carbonyl (C=O) groups excluding carboxylic acids is 3. The molecule has 0 aliphatic heterocycles. The fourth-order valence-electron chi connectivity index (χ4n) is 7.44. The number of rotatable bonds is 46. The molecular weight excluding hydrogens is 709 g/mol. The van der Waals surface area contributed by atoms with Gasteiger partial charge in [-0.05, 0) is 44.9 Å². The van der Waals surface area contributed by atoms with Crippen LogP contribution in [0.15, 0.2) is 12.2 Å². The van der Waals surface area contributed by atoms with Crippen molar-refractivity contribution in [3.8, 4) is 0 Å². The minimum atomic E-state index is -0.764. The first-order valence-corrected chi connectivity index (χ1v) is 25.2. The molecule has 0 saturated heterocycles. The zero-order valence-corrected chi connectivity index (χ0v) is 38.4. The predicted molar refractivity (Wildman–Crippen MR) is 243 cm³/mol. The third-order valence-electron chi connectivity index (χ3n) is 11.3. The van der Waals surface area contributed by atoms with Gasteiger partial charge in [0.2, 0.25) is 0 Å². The maximum atomic E-state index is 12.7. The van der Waals surface area contributed by atoms with Gasteiger partial charge in [-0.25, -0.2) is 0 Å². The summed E-state index contributed by atoms with van der Waals surface area (Å²) in [5.41, 5.74) is 0. The van der Waals surface area contributed by atoms with Crippen molar-refractivity contribution in [3.63, 3.8) is 0 Å². The molecule has 0 N–H and O–H groups in total. The van der Waals surface area contributed by atoms with Gasteiger partial charge in [-0.1, -0.05) is 226 Å². The minimum Gasteiger partial charge on any atom is -0.462 e. The SMILES string of the molecule is CCCCCCCCC/C=C\CCCCCCCC(=O)OCC(COC(=O)CCCCCCCCC)OC(=O)CCCCCCCCCCCCCCCCCC. The Morgan fingerprint density at radius 2 is 0.579 bits per heavy atom. The highest BCUT2D eigenvalue weighted by molar-refractivity contribution is 5.71. The summed E-state index contributed by atoms with van der Waals surface area (Å²) in [6.07, 6.45) is 50.6. The van der Waals surface area contributed by atoms with E-state index in [2.05, 4.69) is 32.9 Å². The van der Waals surface area contributed by atoms with Gasteiger partial charge in [0.1, 0.15) is 13.2 Å². The normalized spacial score (nSPS) is 12.0. The molecule has 0 aliphatic rings. The standard InChI is InChI=1S/C51H96O6/c1-4-7-10-13-16-18-20-22-24-26-28-30-32-35-38-41-44-50(53)56-47-48(46-55-49(52)43-40-37-34-15-12-9-6-3)57-51(54)45-42-39-36-33-31-29-27-25-23-21-19-17-14-11-8-5-2/h24,26,48H,4-23,25,27-47H2,1-3H3/b26-24-. The molecule has 6 heteroatoms. The highest BCUT2D eigenvalue weighted by Gasteiger charge is 2.19. The second kappa shape index (κ2) is 46.8. The summed E-state index contributed by atoms with van der Waals surface area (Å²) in [6.45, 7) is 6.62. The molecule has 0 rings (SSSR count). The largest absolute Gasteiger partial charge is 0.462 e. The molecule has 1 unspecified atom stereocenters. The average Bonchev–Trinajstić information content (AvgIpc) is 3.21. The van der Waals surface area contributed by atoms with Crippen molar-refractivity contribution in [2.75, 3.05) is 13.2 Å². The molecule has 0 aromatic rings. The van der Waals surface area contributed by atoms with E-state index in [1.54, 1.807) is 0 Å². The highest BCUT2D eigenvalue weighted by atomic mass is 16.6. The Hall–Kier alpha value is -1.85. The molecule has 0 bridgehead atoms. The van der Waals surface area contributed by atoms with Crippen LogP contribution < -0.4 is 0 Å². The van der Waals surface area contributed by atoms with Crippen molar-refractivity contribution in [1.82, 2.24) is 0 Å². The summed E-state index contributed by atoms with van der Waals surface area (Å²) in [7, 11) is 0. The molecule has 336 valence electrons. The lowest BCUT2D eigenvalue weighted by atomic mass is 10.0. The molecule has 1 atom stereocenters. The van der Waals surface area contributed by atoms with E-state index >= 15 is 0 Å². The van der Waals surface area contributed by atoms with Crippen LogP contribution in [0.2, 0.25) is 0 Å². The van der Waals surface area contributed by atoms with Crippen LogP contribution in [-0.4, -0.2) is 37.2 Å². The lowest BCUT2D eigenvalue weighted by Crippen LogP contribution is -2.30. The first-order valence-electron chi connectivity index (χ1n) is 25.2. The summed E-state index contributed by atoms with van der Waals surface area (Å²) in [5, 5.41) is 0. The van der Waals surface area contributed by atoms with Gasteiger partial charge in [-0.3, -0.25) is 14.4 Å². The van der Waals surface area contributed by atoms with Gasteiger partial charge in [0, 0.05) is 19.3 Å². The molecule has 57 heavy (non-hydrogen) atoms. The third-order valence-corrected chi connectivity index (χ3v) is 11.3. The molecule has 0 saturated carbocycles. The summed E-state index contributed by atoms with van der Waals surface area (Å²) >= 11 is 0. The van der Waals surface area contributed by atoms with E-state index in [1.807, 2.05) is 0 Å². The Balaban J connectivity index is 4.24. The number of allylic oxidation sites excluding steroid dienone is 2. The summed E-state index contributed by atoms with van der Waals surface area (Å²) in [6, 6.07) is 0. The Morgan fingerprint density at radius 1 is 0.333 bits per heavy atom.